The molecule has 30 heavy (non-hydrogen) atoms. The van der Waals surface area contributed by atoms with E-state index in [0.29, 0.717) is 22.6 Å². The maximum atomic E-state index is 14.3. The van der Waals surface area contributed by atoms with Crippen LogP contribution in [0.15, 0.2) is 36.7 Å². The number of ether oxygens (including phenoxy) is 2. The van der Waals surface area contributed by atoms with Crippen LogP contribution in [-0.4, -0.2) is 43.8 Å². The third kappa shape index (κ3) is 4.46. The highest BCUT2D eigenvalue weighted by molar-refractivity contribution is 7.21. The lowest BCUT2D eigenvalue weighted by molar-refractivity contribution is -0.147. The van der Waals surface area contributed by atoms with Gasteiger partial charge < -0.3 is 14.8 Å². The summed E-state index contributed by atoms with van der Waals surface area (Å²) >= 11 is 1.22. The second kappa shape index (κ2) is 8.31. The van der Waals surface area contributed by atoms with E-state index in [1.165, 1.54) is 23.5 Å². The van der Waals surface area contributed by atoms with Crippen molar-refractivity contribution in [2.24, 2.45) is 0 Å². The summed E-state index contributed by atoms with van der Waals surface area (Å²) in [6.45, 7) is 4.13. The molecule has 1 amide bonds. The van der Waals surface area contributed by atoms with Gasteiger partial charge in [0.1, 0.15) is 31.3 Å². The Morgan fingerprint density at radius 1 is 1.43 bits per heavy atom. The van der Waals surface area contributed by atoms with E-state index >= 15 is 0 Å². The minimum Gasteiger partial charge on any atom is -0.351 e. The number of anilines is 2. The minimum atomic E-state index is -0.670. The molecule has 0 saturated carbocycles. The lowest BCUT2D eigenvalue weighted by Gasteiger charge is -2.17. The number of rotatable bonds is 6. The van der Waals surface area contributed by atoms with E-state index < -0.39 is 17.5 Å². The zero-order valence-electron chi connectivity index (χ0n) is 16.4. The van der Waals surface area contributed by atoms with Crippen LogP contribution >= 0.6 is 11.3 Å². The molecule has 0 unspecified atom stereocenters. The molecule has 0 aliphatic carbocycles. The van der Waals surface area contributed by atoms with Gasteiger partial charge in [-0.05, 0) is 32.0 Å². The van der Waals surface area contributed by atoms with Gasteiger partial charge in [0.2, 0.25) is 0 Å². The molecule has 154 valence electrons. The summed E-state index contributed by atoms with van der Waals surface area (Å²) in [5.41, 5.74) is 3.40. The number of carbonyl (C=O) groups is 1. The number of pyridine rings is 1. The van der Waals surface area contributed by atoms with Crippen LogP contribution in [0.25, 0.3) is 10.1 Å². The monoisotopic (exact) mass is 427 g/mol. The van der Waals surface area contributed by atoms with Gasteiger partial charge in [0.15, 0.2) is 5.79 Å². The molecule has 1 fully saturated rings. The van der Waals surface area contributed by atoms with Gasteiger partial charge in [-0.1, -0.05) is 11.5 Å². The first-order chi connectivity index (χ1) is 14.3. The molecule has 2 aromatic heterocycles. The van der Waals surface area contributed by atoms with Gasteiger partial charge in [0, 0.05) is 17.8 Å². The molecule has 2 N–H and O–H groups in total. The Morgan fingerprint density at radius 2 is 2.27 bits per heavy atom. The summed E-state index contributed by atoms with van der Waals surface area (Å²) in [5, 5.41) is 3.75. The molecule has 1 saturated heterocycles. The maximum absolute atomic E-state index is 14.3. The number of carbonyl (C=O) groups excluding carboxylic acids is 1. The Balaban J connectivity index is 1.53. The van der Waals surface area contributed by atoms with Gasteiger partial charge >= 0.3 is 0 Å². The zero-order chi connectivity index (χ0) is 21.3. The van der Waals surface area contributed by atoms with Crippen LogP contribution in [0.5, 0.6) is 0 Å². The number of benzene rings is 1. The molecule has 0 spiro atoms. The summed E-state index contributed by atoms with van der Waals surface area (Å²) in [6, 6.07) is 6.07. The van der Waals surface area contributed by atoms with Crippen molar-refractivity contribution in [3.05, 3.63) is 47.4 Å². The Hall–Kier alpha value is -2.53. The zero-order valence-corrected chi connectivity index (χ0v) is 17.2. The molecule has 0 bridgehead atoms. The first-order valence-corrected chi connectivity index (χ1v) is 10.1. The molecular formula is C20H19BFN3O4S. The normalized spacial score (nSPS) is 17.9. The largest absolute Gasteiger partial charge is 0.351 e. The Morgan fingerprint density at radius 3 is 3.00 bits per heavy atom. The Labute approximate surface area is 177 Å². The quantitative estimate of drug-likeness (QED) is 0.465. The van der Waals surface area contributed by atoms with E-state index in [4.69, 9.17) is 22.2 Å². The number of nitrogens with one attached hydrogen (secondary N) is 2. The molecule has 1 aliphatic rings. The predicted molar refractivity (Wildman–Crippen MR) is 113 cm³/mol. The lowest BCUT2D eigenvalue weighted by Crippen LogP contribution is -2.30. The smallest absolute Gasteiger partial charge is 0.287 e. The van der Waals surface area contributed by atoms with E-state index in [1.807, 2.05) is 13.8 Å². The Kier molecular flexibility index (Phi) is 5.74. The van der Waals surface area contributed by atoms with Gasteiger partial charge in [-0.3, -0.25) is 14.6 Å². The van der Waals surface area contributed by atoms with Crippen LogP contribution in [0, 0.1) is 5.82 Å². The van der Waals surface area contributed by atoms with Crippen LogP contribution in [0.4, 0.5) is 15.8 Å². The molecule has 3 aromatic rings. The molecule has 10 heteroatoms. The second-order valence-corrected chi connectivity index (χ2v) is 8.29. The van der Waals surface area contributed by atoms with Gasteiger partial charge in [-0.25, -0.2) is 9.87 Å². The van der Waals surface area contributed by atoms with Crippen LogP contribution in [0.1, 0.15) is 23.5 Å². The minimum absolute atomic E-state index is 0.136. The standard InChI is InChI=1S/C20H19BFN3O4S/c1-20(2)27-9-12(29-20)10-28-25-19(26)18-17(13-5-6-23-8-16(13)30-18)24-15-4-3-11(21)7-14(15)22/h3-8,12,24H,9-10H2,1-2H3,(H,25,26)/t12-/m1/s1. The van der Waals surface area contributed by atoms with Gasteiger partial charge in [-0.15, -0.1) is 11.3 Å². The fourth-order valence-corrected chi connectivity index (χ4v) is 4.11. The number of fused-ring (bicyclic) bond motifs is 1. The van der Waals surface area contributed by atoms with E-state index in [0.717, 1.165) is 10.1 Å². The molecule has 1 aromatic carbocycles. The maximum Gasteiger partial charge on any atom is 0.287 e. The average Bonchev–Trinajstić information content (AvgIpc) is 3.24. The Bertz CT molecular complexity index is 1090. The molecule has 1 atom stereocenters. The third-order valence-corrected chi connectivity index (χ3v) is 5.59. The van der Waals surface area contributed by atoms with Crippen LogP contribution < -0.4 is 16.3 Å². The summed E-state index contributed by atoms with van der Waals surface area (Å²) in [7, 11) is 5.62. The van der Waals surface area contributed by atoms with E-state index in [2.05, 4.69) is 15.8 Å². The summed E-state index contributed by atoms with van der Waals surface area (Å²) in [6.07, 6.45) is 2.97. The van der Waals surface area contributed by atoms with Crippen LogP contribution in [0.3, 0.4) is 0 Å². The topological polar surface area (TPSA) is 81.7 Å². The fraction of sp³-hybridized carbons (Fsp3) is 0.300. The number of hydroxylamine groups is 1. The molecule has 3 heterocycles. The number of nitrogens with zero attached hydrogens (tertiary/aromatic N) is 1. The molecule has 2 radical (unpaired) electrons. The second-order valence-electron chi connectivity index (χ2n) is 7.24. The fourth-order valence-electron chi connectivity index (χ4n) is 3.09. The number of amides is 1. The number of aromatic nitrogens is 1. The molecule has 4 rings (SSSR count). The summed E-state index contributed by atoms with van der Waals surface area (Å²) < 4.78 is 26.2. The number of hydrogen-bond acceptors (Lipinski definition) is 7. The van der Waals surface area contributed by atoms with Gasteiger partial charge in [0.25, 0.3) is 5.91 Å². The lowest BCUT2D eigenvalue weighted by atomic mass is 9.96. The van der Waals surface area contributed by atoms with Crippen molar-refractivity contribution in [3.8, 4) is 0 Å². The van der Waals surface area contributed by atoms with E-state index in [1.54, 1.807) is 24.5 Å². The highest BCUT2D eigenvalue weighted by Crippen LogP contribution is 2.37. The molecular weight excluding hydrogens is 408 g/mol. The third-order valence-electron chi connectivity index (χ3n) is 4.45. The van der Waals surface area contributed by atoms with Crippen LogP contribution in [0.2, 0.25) is 0 Å². The van der Waals surface area contributed by atoms with Crippen molar-refractivity contribution in [2.75, 3.05) is 18.5 Å². The summed E-state index contributed by atoms with van der Waals surface area (Å²) in [5.74, 6) is -1.66. The first kappa shape index (κ1) is 20.7. The molecule has 1 aliphatic heterocycles. The van der Waals surface area contributed by atoms with Crippen molar-refractivity contribution >= 4 is 52.0 Å². The number of thiophene rings is 1. The first-order valence-electron chi connectivity index (χ1n) is 9.25. The van der Waals surface area contributed by atoms with Crippen molar-refractivity contribution in [1.82, 2.24) is 10.5 Å². The van der Waals surface area contributed by atoms with E-state index in [-0.39, 0.29) is 18.4 Å². The SMILES string of the molecule is [B]c1ccc(Nc2c(C(=O)NOC[C@H]3COC(C)(C)O3)sc3cnccc23)c(F)c1. The van der Waals surface area contributed by atoms with E-state index in [9.17, 15) is 9.18 Å². The van der Waals surface area contributed by atoms with Gasteiger partial charge in [0.05, 0.1) is 22.7 Å². The van der Waals surface area contributed by atoms with Crippen LogP contribution in [-0.2, 0) is 14.3 Å². The number of hydrogen-bond donors (Lipinski definition) is 2. The number of halogens is 1. The van der Waals surface area contributed by atoms with Crippen molar-refractivity contribution in [1.29, 1.82) is 0 Å². The van der Waals surface area contributed by atoms with Crippen molar-refractivity contribution < 1.29 is 23.5 Å². The molecule has 7 nitrogen and oxygen atoms in total. The summed E-state index contributed by atoms with van der Waals surface area (Å²) in [4.78, 5) is 22.6. The van der Waals surface area contributed by atoms with Crippen molar-refractivity contribution in [3.63, 3.8) is 0 Å². The van der Waals surface area contributed by atoms with Gasteiger partial charge in [-0.2, -0.15) is 0 Å². The average molecular weight is 427 g/mol. The predicted octanol–water partition coefficient (Wildman–Crippen LogP) is 2.79. The highest BCUT2D eigenvalue weighted by atomic mass is 32.1. The highest BCUT2D eigenvalue weighted by Gasteiger charge is 2.33. The van der Waals surface area contributed by atoms with Crippen molar-refractivity contribution in [2.45, 2.75) is 25.7 Å².